The smallest absolute Gasteiger partial charge is 0.182 e. The van der Waals surface area contributed by atoms with Crippen LogP contribution in [-0.2, 0) is 0 Å². The van der Waals surface area contributed by atoms with Crippen LogP contribution in [0.1, 0.15) is 5.56 Å². The highest BCUT2D eigenvalue weighted by atomic mass is 79.9. The summed E-state index contributed by atoms with van der Waals surface area (Å²) in [5.41, 5.74) is 2.62. The summed E-state index contributed by atoms with van der Waals surface area (Å²) in [6, 6.07) is 7.82. The Labute approximate surface area is 127 Å². The minimum atomic E-state index is -0.545. The van der Waals surface area contributed by atoms with E-state index in [9.17, 15) is 8.78 Å². The summed E-state index contributed by atoms with van der Waals surface area (Å²) in [6.07, 6.45) is 0. The first-order valence-corrected chi connectivity index (χ1v) is 7.04. The van der Waals surface area contributed by atoms with Crippen molar-refractivity contribution in [2.45, 2.75) is 6.92 Å². The van der Waals surface area contributed by atoms with Gasteiger partial charge in [0.15, 0.2) is 4.77 Å². The zero-order chi connectivity index (χ0) is 14.4. The summed E-state index contributed by atoms with van der Waals surface area (Å²) < 4.78 is 29.7. The number of nitrogens with zero attached hydrogens (tertiary/aromatic N) is 1. The summed E-state index contributed by atoms with van der Waals surface area (Å²) in [5.74, 6) is -1.08. The fourth-order valence-corrected chi connectivity index (χ4v) is 2.81. The van der Waals surface area contributed by atoms with Crippen LogP contribution in [0, 0.1) is 23.3 Å². The standard InChI is InChI=1S/C14H9BrF2N2S/c1-7-3-2-4-11-13(7)18-14(20)19(11)12-6-9(16)8(15)5-10(12)17/h2-6H,1H3,(H,18,20). The van der Waals surface area contributed by atoms with Gasteiger partial charge in [-0.1, -0.05) is 12.1 Å². The lowest BCUT2D eigenvalue weighted by atomic mass is 10.2. The zero-order valence-corrected chi connectivity index (χ0v) is 12.8. The highest BCUT2D eigenvalue weighted by Gasteiger charge is 2.14. The molecule has 0 atom stereocenters. The first kappa shape index (κ1) is 13.5. The Morgan fingerprint density at radius 1 is 1.20 bits per heavy atom. The van der Waals surface area contributed by atoms with Gasteiger partial charge < -0.3 is 4.98 Å². The van der Waals surface area contributed by atoms with Crippen molar-refractivity contribution in [3.05, 3.63) is 56.8 Å². The van der Waals surface area contributed by atoms with Crippen molar-refractivity contribution in [2.75, 3.05) is 0 Å². The number of aromatic nitrogens is 2. The van der Waals surface area contributed by atoms with Crippen molar-refractivity contribution in [3.63, 3.8) is 0 Å². The first-order chi connectivity index (χ1) is 9.49. The number of nitrogens with one attached hydrogen (secondary N) is 1. The molecule has 20 heavy (non-hydrogen) atoms. The van der Waals surface area contributed by atoms with Crippen LogP contribution in [0.2, 0.25) is 0 Å². The Morgan fingerprint density at radius 2 is 1.95 bits per heavy atom. The predicted octanol–water partition coefficient (Wildman–Crippen LogP) is 5.04. The number of aryl methyl sites for hydroxylation is 1. The summed E-state index contributed by atoms with van der Waals surface area (Å²) in [7, 11) is 0. The largest absolute Gasteiger partial charge is 0.330 e. The van der Waals surface area contributed by atoms with Crippen LogP contribution in [-0.4, -0.2) is 9.55 Å². The van der Waals surface area contributed by atoms with Crippen molar-refractivity contribution in [1.29, 1.82) is 0 Å². The molecule has 0 fully saturated rings. The van der Waals surface area contributed by atoms with Gasteiger partial charge in [-0.05, 0) is 52.8 Å². The Bertz CT molecular complexity index is 883. The van der Waals surface area contributed by atoms with Gasteiger partial charge >= 0.3 is 0 Å². The van der Waals surface area contributed by atoms with Gasteiger partial charge in [-0.15, -0.1) is 0 Å². The third-order valence-electron chi connectivity index (χ3n) is 3.16. The quantitative estimate of drug-likeness (QED) is 0.479. The topological polar surface area (TPSA) is 20.7 Å². The van der Waals surface area contributed by atoms with Gasteiger partial charge in [0.05, 0.1) is 21.2 Å². The van der Waals surface area contributed by atoms with Crippen molar-refractivity contribution in [2.24, 2.45) is 0 Å². The average molecular weight is 355 g/mol. The van der Waals surface area contributed by atoms with Crippen LogP contribution in [0.15, 0.2) is 34.8 Å². The summed E-state index contributed by atoms with van der Waals surface area (Å²) in [5, 5.41) is 0. The van der Waals surface area contributed by atoms with E-state index in [-0.39, 0.29) is 10.2 Å². The lowest BCUT2D eigenvalue weighted by Gasteiger charge is -2.07. The minimum absolute atomic E-state index is 0.0845. The molecule has 0 aliphatic carbocycles. The molecule has 6 heteroatoms. The van der Waals surface area contributed by atoms with E-state index >= 15 is 0 Å². The monoisotopic (exact) mass is 354 g/mol. The van der Waals surface area contributed by atoms with Gasteiger partial charge in [0.25, 0.3) is 0 Å². The maximum absolute atomic E-state index is 14.1. The number of para-hydroxylation sites is 1. The molecule has 0 spiro atoms. The second-order valence-electron chi connectivity index (χ2n) is 4.45. The Morgan fingerprint density at radius 3 is 2.70 bits per heavy atom. The average Bonchev–Trinajstić information content (AvgIpc) is 2.72. The number of imidazole rings is 1. The van der Waals surface area contributed by atoms with E-state index in [1.807, 2.05) is 25.1 Å². The second kappa shape index (κ2) is 4.79. The fraction of sp³-hybridized carbons (Fsp3) is 0.0714. The number of H-pyrrole nitrogens is 1. The SMILES string of the molecule is Cc1cccc2c1[nH]c(=S)n2-c1cc(F)c(Br)cc1F. The van der Waals surface area contributed by atoms with Crippen LogP contribution >= 0.6 is 28.1 Å². The molecule has 3 aromatic rings. The maximum Gasteiger partial charge on any atom is 0.182 e. The molecule has 0 unspecified atom stereocenters. The fourth-order valence-electron chi connectivity index (χ4n) is 2.20. The summed E-state index contributed by atoms with van der Waals surface area (Å²) >= 11 is 8.20. The second-order valence-corrected chi connectivity index (χ2v) is 5.69. The third kappa shape index (κ3) is 1.99. The molecule has 3 rings (SSSR count). The first-order valence-electron chi connectivity index (χ1n) is 5.84. The van der Waals surface area contributed by atoms with E-state index in [1.165, 1.54) is 4.57 Å². The molecule has 0 aliphatic rings. The number of aromatic amines is 1. The van der Waals surface area contributed by atoms with E-state index in [1.54, 1.807) is 0 Å². The van der Waals surface area contributed by atoms with Crippen molar-refractivity contribution in [3.8, 4) is 5.69 Å². The van der Waals surface area contributed by atoms with Crippen LogP contribution in [0.3, 0.4) is 0 Å². The van der Waals surface area contributed by atoms with Crippen LogP contribution < -0.4 is 0 Å². The van der Waals surface area contributed by atoms with E-state index < -0.39 is 11.6 Å². The van der Waals surface area contributed by atoms with E-state index in [2.05, 4.69) is 20.9 Å². The summed E-state index contributed by atoms with van der Waals surface area (Å²) in [4.78, 5) is 3.03. The molecular weight excluding hydrogens is 346 g/mol. The lowest BCUT2D eigenvalue weighted by molar-refractivity contribution is 0.588. The van der Waals surface area contributed by atoms with Gasteiger partial charge in [0, 0.05) is 6.07 Å². The van der Waals surface area contributed by atoms with Gasteiger partial charge in [0.1, 0.15) is 11.6 Å². The number of hydrogen-bond donors (Lipinski definition) is 1. The van der Waals surface area contributed by atoms with Crippen molar-refractivity contribution >= 4 is 39.2 Å². The molecule has 102 valence electrons. The van der Waals surface area contributed by atoms with Gasteiger partial charge in [-0.2, -0.15) is 0 Å². The number of rotatable bonds is 1. The van der Waals surface area contributed by atoms with Gasteiger partial charge in [-0.25, -0.2) is 8.78 Å². The van der Waals surface area contributed by atoms with Crippen LogP contribution in [0.4, 0.5) is 8.78 Å². The predicted molar refractivity (Wildman–Crippen MR) is 80.8 cm³/mol. The van der Waals surface area contributed by atoms with Crippen molar-refractivity contribution < 1.29 is 8.78 Å². The highest BCUT2D eigenvalue weighted by molar-refractivity contribution is 9.10. The third-order valence-corrected chi connectivity index (χ3v) is 4.05. The Kier molecular flexibility index (Phi) is 3.22. The van der Waals surface area contributed by atoms with Gasteiger partial charge in [-0.3, -0.25) is 4.57 Å². The molecule has 1 heterocycles. The number of fused-ring (bicyclic) bond motifs is 1. The molecule has 0 bridgehead atoms. The van der Waals surface area contributed by atoms with Gasteiger partial charge in [0.2, 0.25) is 0 Å². The minimum Gasteiger partial charge on any atom is -0.330 e. The number of halogens is 3. The van der Waals surface area contributed by atoms with Crippen molar-refractivity contribution in [1.82, 2.24) is 9.55 Å². The molecule has 0 saturated heterocycles. The highest BCUT2D eigenvalue weighted by Crippen LogP contribution is 2.27. The molecule has 1 N–H and O–H groups in total. The molecule has 0 amide bonds. The Balaban J connectivity index is 2.41. The van der Waals surface area contributed by atoms with Crippen LogP contribution in [0.5, 0.6) is 0 Å². The van der Waals surface area contributed by atoms with Crippen LogP contribution in [0.25, 0.3) is 16.7 Å². The van der Waals surface area contributed by atoms with E-state index in [0.29, 0.717) is 4.77 Å². The number of benzene rings is 2. The Hall–Kier alpha value is -1.53. The summed E-state index contributed by atoms with van der Waals surface area (Å²) in [6.45, 7) is 1.93. The lowest BCUT2D eigenvalue weighted by Crippen LogP contribution is -1.99. The normalized spacial score (nSPS) is 11.2. The number of hydrogen-bond acceptors (Lipinski definition) is 1. The maximum atomic E-state index is 14.1. The molecule has 1 aromatic heterocycles. The molecule has 2 aromatic carbocycles. The molecule has 0 radical (unpaired) electrons. The molecule has 0 aliphatic heterocycles. The molecular formula is C14H9BrF2N2S. The van der Waals surface area contributed by atoms with E-state index in [4.69, 9.17) is 12.2 Å². The molecule has 0 saturated carbocycles. The zero-order valence-electron chi connectivity index (χ0n) is 10.4. The van der Waals surface area contributed by atoms with E-state index in [0.717, 1.165) is 28.7 Å². The molecule has 2 nitrogen and oxygen atoms in total.